The van der Waals surface area contributed by atoms with Crippen LogP contribution >= 0.6 is 0 Å². The fourth-order valence-electron chi connectivity index (χ4n) is 2.39. The van der Waals surface area contributed by atoms with Crippen LogP contribution in [-0.4, -0.2) is 18.4 Å². The lowest BCUT2D eigenvalue weighted by Crippen LogP contribution is -2.26. The monoisotopic (exact) mass is 275 g/mol. The van der Waals surface area contributed by atoms with Crippen molar-refractivity contribution in [1.82, 2.24) is 0 Å². The van der Waals surface area contributed by atoms with E-state index < -0.39 is 0 Å². The fraction of sp³-hybridized carbons (Fsp3) is 0.429. The van der Waals surface area contributed by atoms with E-state index in [1.165, 1.54) is 0 Å². The van der Waals surface area contributed by atoms with Gasteiger partial charge < -0.3 is 21.1 Å². The van der Waals surface area contributed by atoms with E-state index in [9.17, 15) is 9.59 Å². The fourth-order valence-corrected chi connectivity index (χ4v) is 2.39. The van der Waals surface area contributed by atoms with Crippen molar-refractivity contribution in [3.63, 3.8) is 0 Å². The molecule has 20 heavy (non-hydrogen) atoms. The first-order valence-corrected chi connectivity index (χ1v) is 6.54. The van der Waals surface area contributed by atoms with Crippen LogP contribution in [0.3, 0.4) is 0 Å². The van der Waals surface area contributed by atoms with Gasteiger partial charge in [0.05, 0.1) is 17.1 Å². The van der Waals surface area contributed by atoms with Crippen molar-refractivity contribution in [2.45, 2.75) is 20.3 Å². The summed E-state index contributed by atoms with van der Waals surface area (Å²) < 4.78 is 5.26. The number of carbonyl (C=O) groups is 2. The first-order valence-electron chi connectivity index (χ1n) is 6.54. The summed E-state index contributed by atoms with van der Waals surface area (Å²) in [6.45, 7) is 4.09. The zero-order chi connectivity index (χ0) is 14.5. The average Bonchev–Trinajstić information content (AvgIpc) is 3.00. The molecule has 1 heterocycles. The van der Waals surface area contributed by atoms with Crippen molar-refractivity contribution in [2.24, 2.45) is 11.3 Å². The van der Waals surface area contributed by atoms with Crippen molar-refractivity contribution in [2.75, 3.05) is 23.0 Å². The maximum atomic E-state index is 12.1. The van der Waals surface area contributed by atoms with Gasteiger partial charge in [0.2, 0.25) is 5.91 Å². The molecular formula is C14H17N3O3. The van der Waals surface area contributed by atoms with Crippen molar-refractivity contribution in [3.05, 3.63) is 12.1 Å². The highest BCUT2D eigenvalue weighted by Gasteiger charge is 2.50. The predicted molar refractivity (Wildman–Crippen MR) is 75.5 cm³/mol. The van der Waals surface area contributed by atoms with Crippen LogP contribution in [0.1, 0.15) is 20.3 Å². The normalized spacial score (nSPS) is 22.3. The van der Waals surface area contributed by atoms with Crippen LogP contribution in [0.2, 0.25) is 0 Å². The summed E-state index contributed by atoms with van der Waals surface area (Å²) in [5.41, 5.74) is 7.42. The molecule has 1 saturated carbocycles. The summed E-state index contributed by atoms with van der Waals surface area (Å²) in [5.74, 6) is 0.281. The second kappa shape index (κ2) is 4.13. The van der Waals surface area contributed by atoms with Crippen LogP contribution in [0.4, 0.5) is 17.1 Å². The van der Waals surface area contributed by atoms with Gasteiger partial charge in [0.15, 0.2) is 6.61 Å². The van der Waals surface area contributed by atoms with Gasteiger partial charge in [0.25, 0.3) is 5.91 Å². The molecular weight excluding hydrogens is 258 g/mol. The van der Waals surface area contributed by atoms with Gasteiger partial charge >= 0.3 is 0 Å². The number of anilines is 3. The molecule has 4 N–H and O–H groups in total. The average molecular weight is 275 g/mol. The molecule has 0 spiro atoms. The molecule has 1 unspecified atom stereocenters. The molecule has 6 heteroatoms. The standard InChI is InChI=1S/C14H17N3O3/c1-14(2)5-7(14)13(19)17-9-4-10-11(3-8(9)15)20-6-12(18)16-10/h3-4,7H,5-6,15H2,1-2H3,(H,16,18)(H,17,19). The van der Waals surface area contributed by atoms with E-state index in [4.69, 9.17) is 10.5 Å². The van der Waals surface area contributed by atoms with E-state index in [0.717, 1.165) is 6.42 Å². The maximum Gasteiger partial charge on any atom is 0.262 e. The van der Waals surface area contributed by atoms with Crippen LogP contribution in [-0.2, 0) is 9.59 Å². The number of benzene rings is 1. The Hall–Kier alpha value is -2.24. The Labute approximate surface area is 116 Å². The third-order valence-corrected chi connectivity index (χ3v) is 3.87. The predicted octanol–water partition coefficient (Wildman–Crippen LogP) is 1.58. The Balaban J connectivity index is 1.82. The molecule has 0 saturated heterocycles. The van der Waals surface area contributed by atoms with Gasteiger partial charge in [-0.1, -0.05) is 13.8 Å². The topological polar surface area (TPSA) is 93.5 Å². The van der Waals surface area contributed by atoms with Crippen molar-refractivity contribution >= 4 is 28.9 Å². The van der Waals surface area contributed by atoms with Crippen LogP contribution in [0, 0.1) is 11.3 Å². The minimum atomic E-state index is -0.220. The number of hydrogen-bond donors (Lipinski definition) is 3. The SMILES string of the molecule is CC1(C)CC1C(=O)Nc1cc2c(cc1N)OCC(=O)N2. The van der Waals surface area contributed by atoms with Crippen LogP contribution in [0.15, 0.2) is 12.1 Å². The lowest BCUT2D eigenvalue weighted by atomic mass is 10.1. The molecule has 3 rings (SSSR count). The Morgan fingerprint density at radius 2 is 2.20 bits per heavy atom. The van der Waals surface area contributed by atoms with Crippen LogP contribution in [0.25, 0.3) is 0 Å². The molecule has 0 bridgehead atoms. The molecule has 1 aliphatic heterocycles. The number of fused-ring (bicyclic) bond motifs is 1. The number of ether oxygens (including phenoxy) is 1. The van der Waals surface area contributed by atoms with Gasteiger partial charge in [0, 0.05) is 12.0 Å². The molecule has 1 aliphatic carbocycles. The van der Waals surface area contributed by atoms with Gasteiger partial charge in [-0.25, -0.2) is 0 Å². The summed E-state index contributed by atoms with van der Waals surface area (Å²) in [5, 5.41) is 5.51. The molecule has 1 atom stereocenters. The Bertz CT molecular complexity index is 610. The van der Waals surface area contributed by atoms with Crippen molar-refractivity contribution in [1.29, 1.82) is 0 Å². The van der Waals surface area contributed by atoms with Crippen molar-refractivity contribution < 1.29 is 14.3 Å². The van der Waals surface area contributed by atoms with Gasteiger partial charge in [-0.05, 0) is 17.9 Å². The lowest BCUT2D eigenvalue weighted by Gasteiger charge is -2.20. The molecule has 106 valence electrons. The third kappa shape index (κ3) is 2.17. The minimum Gasteiger partial charge on any atom is -0.482 e. The Kier molecular flexibility index (Phi) is 2.64. The number of nitrogens with one attached hydrogen (secondary N) is 2. The second-order valence-corrected chi connectivity index (χ2v) is 6.01. The highest BCUT2D eigenvalue weighted by Crippen LogP contribution is 2.52. The highest BCUT2D eigenvalue weighted by molar-refractivity contribution is 6.01. The molecule has 0 aromatic heterocycles. The molecule has 0 radical (unpaired) electrons. The minimum absolute atomic E-state index is 0.0174. The smallest absolute Gasteiger partial charge is 0.262 e. The molecule has 1 aromatic carbocycles. The number of carbonyl (C=O) groups excluding carboxylic acids is 2. The molecule has 1 aromatic rings. The van der Waals surface area contributed by atoms with E-state index in [1.807, 2.05) is 0 Å². The van der Waals surface area contributed by atoms with E-state index in [0.29, 0.717) is 22.8 Å². The van der Waals surface area contributed by atoms with Crippen molar-refractivity contribution in [3.8, 4) is 5.75 Å². The Morgan fingerprint density at radius 1 is 1.50 bits per heavy atom. The molecule has 1 fully saturated rings. The van der Waals surface area contributed by atoms with E-state index in [-0.39, 0.29) is 29.8 Å². The lowest BCUT2D eigenvalue weighted by molar-refractivity contribution is -0.119. The summed E-state index contributed by atoms with van der Waals surface area (Å²) in [6.07, 6.45) is 0.878. The number of hydrogen-bond acceptors (Lipinski definition) is 4. The second-order valence-electron chi connectivity index (χ2n) is 6.01. The molecule has 6 nitrogen and oxygen atoms in total. The van der Waals surface area contributed by atoms with Crippen LogP contribution < -0.4 is 21.1 Å². The number of amides is 2. The summed E-state index contributed by atoms with van der Waals surface area (Å²) in [7, 11) is 0. The van der Waals surface area contributed by atoms with E-state index in [1.54, 1.807) is 12.1 Å². The van der Waals surface area contributed by atoms with Crippen LogP contribution in [0.5, 0.6) is 5.75 Å². The third-order valence-electron chi connectivity index (χ3n) is 3.87. The number of nitrogen functional groups attached to an aromatic ring is 1. The van der Waals surface area contributed by atoms with Gasteiger partial charge in [-0.3, -0.25) is 9.59 Å². The molecule has 2 amide bonds. The first-order chi connectivity index (χ1) is 9.37. The number of rotatable bonds is 2. The zero-order valence-electron chi connectivity index (χ0n) is 11.4. The van der Waals surface area contributed by atoms with Gasteiger partial charge in [-0.2, -0.15) is 0 Å². The van der Waals surface area contributed by atoms with Gasteiger partial charge in [0.1, 0.15) is 5.75 Å². The van der Waals surface area contributed by atoms with E-state index in [2.05, 4.69) is 24.5 Å². The zero-order valence-corrected chi connectivity index (χ0v) is 11.4. The largest absolute Gasteiger partial charge is 0.482 e. The number of nitrogens with two attached hydrogens (primary N) is 1. The maximum absolute atomic E-state index is 12.1. The van der Waals surface area contributed by atoms with Gasteiger partial charge in [-0.15, -0.1) is 0 Å². The summed E-state index contributed by atoms with van der Waals surface area (Å²) in [4.78, 5) is 23.4. The summed E-state index contributed by atoms with van der Waals surface area (Å²) >= 11 is 0. The molecule has 2 aliphatic rings. The summed E-state index contributed by atoms with van der Waals surface area (Å²) in [6, 6.07) is 3.25. The quantitative estimate of drug-likeness (QED) is 0.714. The van der Waals surface area contributed by atoms with E-state index >= 15 is 0 Å². The first kappa shape index (κ1) is 12.8. The Morgan fingerprint density at radius 3 is 2.85 bits per heavy atom. The highest BCUT2D eigenvalue weighted by atomic mass is 16.5.